The Morgan fingerprint density at radius 2 is 0.771 bits per heavy atom. The number of aromatic nitrogens is 10. The number of carbonyl (C=O) groups is 14. The number of anilines is 4. The Kier molecular flexibility index (Phi) is 27.2. The van der Waals surface area contributed by atoms with E-state index in [1.807, 2.05) is 42.7 Å². The SMILES string of the molecule is CNC(=O)C(C)(C)NC(=O)C(=O)c1c(C)c(C(=O)Nc2cc(F)c(C)c(F)c2)n2c1CCC2.CNC(=O)C(C)(C)NC(=O)C(=O)c1c(C)c(C(=O)Nc2ccc(C)c(Cl)c2)n2c1CCC2.Cc1ccc(NC(=O)c2c(C)c(C(=O)C(=O)NC3(c4cn[nH]n4)CC3)c3n2CCC3)c(F)c1Cl.Cc1cccc(NC(=O)c2c(C)c(C(=O)C(=O)NC3(c4cn[nH]n4)CC3)c3n2CCC3)c1. The number of nitrogens with zero attached hydrogens (tertiary/aromatic N) is 8. The van der Waals surface area contributed by atoms with Gasteiger partial charge in [0.1, 0.15) is 56.9 Å². The maximum absolute atomic E-state index is 14.6. The standard InChI is InChI=1S/C23H22ClFN6O3.C23H27ClN4O4.C23H26F2N4O4.C23H24N6O3/c1-11-5-6-13(18(25)17(11)24)27-21(33)19-12(2)16(14-4-3-9-31(14)19)20(32)22(34)28-23(7-8-23)15-10-26-30-29-15;1-12-8-9-14(11-15(12)24)26-20(30)18-13(2)17(16-7-6-10-28(16)18)19(29)21(31)27-23(3,4)22(32)25-5;1-11-14(24)9-13(10-15(11)25)27-20(31)18-12(2)17(16-7-6-8-29(16)18)19(30)21(32)28-23(3,4)22(33)26-5;1-13-5-3-6-15(11-13)25-21(31)19-14(2)18(16-7-4-10-29(16)19)20(30)22(32)26-23(8-9-23)17-12-24-28-27-17/h5-6,10H,3-4,7-9H2,1-2H3,(H,27,33)(H,28,34)(H,26,29,30);8-9,11H,6-7,10H2,1-5H3,(H,25,32)(H,26,30)(H,27,31);9-10H,6-8H2,1-5H3,(H,26,33)(H,27,31)(H,28,32);3,5-6,11-12H,4,7-10H2,1-2H3,(H,25,31)(H,26,32)(H,24,27,28). The molecule has 6 aliphatic rings. The molecule has 10 amide bonds. The van der Waals surface area contributed by atoms with Gasteiger partial charge in [0.15, 0.2) is 5.82 Å². The summed E-state index contributed by atoms with van der Waals surface area (Å²) in [5.74, 6) is -11.3. The van der Waals surface area contributed by atoms with Crippen LogP contribution in [0.1, 0.15) is 241 Å². The van der Waals surface area contributed by atoms with Crippen molar-refractivity contribution in [3.8, 4) is 0 Å². The van der Waals surface area contributed by atoms with Gasteiger partial charge in [-0.15, -0.1) is 0 Å². The van der Waals surface area contributed by atoms with Crippen LogP contribution in [0.15, 0.2) is 79.1 Å². The molecule has 0 atom stereocenters. The largest absolute Gasteiger partial charge is 0.357 e. The fourth-order valence-corrected chi connectivity index (χ4v) is 17.6. The highest BCUT2D eigenvalue weighted by Gasteiger charge is 2.51. The molecule has 0 saturated heterocycles. The molecule has 0 radical (unpaired) electrons. The molecule has 10 heterocycles. The summed E-state index contributed by atoms with van der Waals surface area (Å²) in [5, 5.41) is 47.5. The number of Topliss-reactive ketones (excluding diaryl/α,β-unsaturated/α-hetero) is 4. The van der Waals surface area contributed by atoms with E-state index < -0.39 is 110 Å². The summed E-state index contributed by atoms with van der Waals surface area (Å²) in [4.78, 5) is 180. The Balaban J connectivity index is 0.000000149. The lowest BCUT2D eigenvalue weighted by molar-refractivity contribution is -0.130. The van der Waals surface area contributed by atoms with Crippen molar-refractivity contribution >= 4 is 128 Å². The van der Waals surface area contributed by atoms with E-state index in [4.69, 9.17) is 23.2 Å². The van der Waals surface area contributed by atoms with Crippen molar-refractivity contribution < 1.29 is 80.3 Å². The summed E-state index contributed by atoms with van der Waals surface area (Å²) in [5.41, 5.74) is 6.99. The fraction of sp³-hybridized carbons (Fsp3) is 0.370. The predicted octanol–water partition coefficient (Wildman–Crippen LogP) is 10.8. The lowest BCUT2D eigenvalue weighted by Gasteiger charge is -2.23. The van der Waals surface area contributed by atoms with E-state index in [2.05, 4.69) is 84.0 Å². The minimum atomic E-state index is -1.32. The van der Waals surface area contributed by atoms with Gasteiger partial charge >= 0.3 is 0 Å². The Morgan fingerprint density at radius 3 is 1.11 bits per heavy atom. The van der Waals surface area contributed by atoms with Crippen LogP contribution in [0.25, 0.3) is 0 Å². The number of ketones is 4. The van der Waals surface area contributed by atoms with Crippen molar-refractivity contribution in [3.63, 3.8) is 0 Å². The molecular weight excluding hydrogens is 1740 g/mol. The normalized spacial score (nSPS) is 14.3. The molecule has 2 aliphatic carbocycles. The minimum Gasteiger partial charge on any atom is -0.357 e. The third-order valence-electron chi connectivity index (χ3n) is 24.5. The van der Waals surface area contributed by atoms with Gasteiger partial charge in [0.25, 0.3) is 70.4 Å². The van der Waals surface area contributed by atoms with Gasteiger partial charge < -0.3 is 71.4 Å². The molecule has 2 fully saturated rings. The van der Waals surface area contributed by atoms with Crippen molar-refractivity contribution in [2.24, 2.45) is 0 Å². The smallest absolute Gasteiger partial charge is 0.293 e. The molecule has 16 rings (SSSR count). The molecule has 39 heteroatoms. The third-order valence-corrected chi connectivity index (χ3v) is 25.3. The zero-order valence-electron chi connectivity index (χ0n) is 74.5. The van der Waals surface area contributed by atoms with Crippen LogP contribution in [0.5, 0.6) is 0 Å². The number of nitrogens with one attached hydrogen (secondary N) is 12. The Labute approximate surface area is 759 Å². The molecule has 2 saturated carbocycles. The van der Waals surface area contributed by atoms with Crippen molar-refractivity contribution in [3.05, 3.63) is 230 Å². The van der Waals surface area contributed by atoms with Crippen LogP contribution in [0.2, 0.25) is 10.0 Å². The molecular formula is C92H99Cl2F3N20O14. The summed E-state index contributed by atoms with van der Waals surface area (Å²) in [6, 6.07) is 17.8. The van der Waals surface area contributed by atoms with Crippen LogP contribution in [-0.2, 0) is 91.7 Å². The van der Waals surface area contributed by atoms with Gasteiger partial charge in [-0.1, -0.05) is 47.5 Å². The van der Waals surface area contributed by atoms with Gasteiger partial charge in [0, 0.05) is 90.7 Å². The number of rotatable bonds is 24. The monoisotopic (exact) mass is 1830 g/mol. The Morgan fingerprint density at radius 1 is 0.420 bits per heavy atom. The molecule has 0 bridgehead atoms. The van der Waals surface area contributed by atoms with Gasteiger partial charge in [0.05, 0.1) is 56.4 Å². The highest BCUT2D eigenvalue weighted by Crippen LogP contribution is 2.46. The van der Waals surface area contributed by atoms with Crippen LogP contribution in [-0.4, -0.2) is 156 Å². The molecule has 10 aromatic rings. The molecule has 4 aliphatic heterocycles. The molecule has 4 aromatic carbocycles. The lowest BCUT2D eigenvalue weighted by Crippen LogP contribution is -2.55. The average molecular weight is 1840 g/mol. The first kappa shape index (κ1) is 94.6. The number of halogens is 5. The Hall–Kier alpha value is -14.0. The summed E-state index contributed by atoms with van der Waals surface area (Å²) < 4.78 is 49.4. The van der Waals surface area contributed by atoms with E-state index >= 15 is 0 Å². The third kappa shape index (κ3) is 19.0. The van der Waals surface area contributed by atoms with Gasteiger partial charge in [-0.2, -0.15) is 30.8 Å². The van der Waals surface area contributed by atoms with Crippen LogP contribution in [0.4, 0.5) is 35.9 Å². The maximum Gasteiger partial charge on any atom is 0.293 e. The van der Waals surface area contributed by atoms with E-state index in [9.17, 15) is 80.3 Å². The number of hydrogen-bond donors (Lipinski definition) is 12. The summed E-state index contributed by atoms with van der Waals surface area (Å²) in [6.07, 6.45) is 11.1. The van der Waals surface area contributed by atoms with E-state index in [-0.39, 0.29) is 67.4 Å². The van der Waals surface area contributed by atoms with Crippen LogP contribution < -0.4 is 53.2 Å². The second-order valence-corrected chi connectivity index (χ2v) is 35.2. The van der Waals surface area contributed by atoms with Crippen LogP contribution in [0, 0.1) is 72.8 Å². The van der Waals surface area contributed by atoms with Gasteiger partial charge in [-0.25, -0.2) is 13.2 Å². The zero-order chi connectivity index (χ0) is 95.1. The van der Waals surface area contributed by atoms with E-state index in [0.717, 1.165) is 48.2 Å². The van der Waals surface area contributed by atoms with Gasteiger partial charge in [0.2, 0.25) is 11.8 Å². The summed E-state index contributed by atoms with van der Waals surface area (Å²) >= 11 is 12.1. The van der Waals surface area contributed by atoms with Crippen molar-refractivity contribution in [2.45, 2.75) is 208 Å². The van der Waals surface area contributed by atoms with E-state index in [1.165, 1.54) is 61.0 Å². The average Bonchev–Trinajstić information content (AvgIpc) is 1.60. The lowest BCUT2D eigenvalue weighted by atomic mass is 10.00. The highest BCUT2D eigenvalue weighted by atomic mass is 35.5. The van der Waals surface area contributed by atoms with Crippen molar-refractivity contribution in [2.75, 3.05) is 35.4 Å². The number of aromatic amines is 2. The maximum atomic E-state index is 14.6. The number of hydrogen-bond acceptors (Lipinski definition) is 18. The number of H-pyrrole nitrogens is 2. The quantitative estimate of drug-likeness (QED) is 0.0197. The molecule has 131 heavy (non-hydrogen) atoms. The number of fused-ring (bicyclic) bond motifs is 4. The number of carbonyl (C=O) groups excluding carboxylic acids is 14. The van der Waals surface area contributed by atoms with Crippen molar-refractivity contribution in [1.29, 1.82) is 0 Å². The molecule has 0 spiro atoms. The number of likely N-dealkylation sites (N-methyl/N-ethyl adjacent to an activating group) is 2. The molecule has 0 unspecified atom stereocenters. The second-order valence-electron chi connectivity index (χ2n) is 34.4. The summed E-state index contributed by atoms with van der Waals surface area (Å²) in [6.45, 7) is 21.5. The number of amides is 10. The number of benzene rings is 4. The van der Waals surface area contributed by atoms with E-state index in [0.29, 0.717) is 168 Å². The number of aryl methyl sites for hydroxylation is 3. The molecule has 6 aromatic heterocycles. The molecule has 12 N–H and O–H groups in total. The van der Waals surface area contributed by atoms with Crippen LogP contribution >= 0.6 is 23.2 Å². The van der Waals surface area contributed by atoms with E-state index in [1.54, 1.807) is 78.8 Å². The zero-order valence-corrected chi connectivity index (χ0v) is 76.0. The summed E-state index contributed by atoms with van der Waals surface area (Å²) in [7, 11) is 2.87. The Bertz CT molecular complexity index is 6400. The first-order valence-corrected chi connectivity index (χ1v) is 43.3. The minimum absolute atomic E-state index is 0.0533. The first-order valence-electron chi connectivity index (χ1n) is 42.5. The van der Waals surface area contributed by atoms with Gasteiger partial charge in [-0.3, -0.25) is 67.1 Å². The topological polar surface area (TPSA) is 462 Å². The van der Waals surface area contributed by atoms with Crippen molar-refractivity contribution in [1.82, 2.24) is 81.0 Å². The molecule has 34 nitrogen and oxygen atoms in total. The second kappa shape index (κ2) is 37.6. The fourth-order valence-electron chi connectivity index (χ4n) is 17.3. The predicted molar refractivity (Wildman–Crippen MR) is 477 cm³/mol. The molecule has 686 valence electrons. The highest BCUT2D eigenvalue weighted by molar-refractivity contribution is 6.46. The van der Waals surface area contributed by atoms with Crippen LogP contribution in [0.3, 0.4) is 0 Å². The van der Waals surface area contributed by atoms with Gasteiger partial charge in [-0.05, 0) is 242 Å². The first-order chi connectivity index (χ1) is 62.0.